The van der Waals surface area contributed by atoms with Gasteiger partial charge in [-0.15, -0.1) is 11.8 Å². The molecule has 3 aliphatic rings. The fraction of sp³-hybridized carbons (Fsp3) is 0.406. The third-order valence-electron chi connectivity index (χ3n) is 8.32. The van der Waals surface area contributed by atoms with Gasteiger partial charge in [0.1, 0.15) is 18.8 Å². The Balaban J connectivity index is 1.44. The Hall–Kier alpha value is -3.88. The van der Waals surface area contributed by atoms with Gasteiger partial charge in [-0.05, 0) is 35.7 Å². The molecule has 2 aromatic carbocycles. The maximum absolute atomic E-state index is 14.3. The average Bonchev–Trinajstić information content (AvgIpc) is 3.20. The molecule has 10 nitrogen and oxygen atoms in total. The van der Waals surface area contributed by atoms with Crippen molar-refractivity contribution in [3.8, 4) is 5.75 Å². The van der Waals surface area contributed by atoms with Gasteiger partial charge in [0.15, 0.2) is 5.69 Å². The molecule has 0 radical (unpaired) electrons. The molecular weight excluding hydrogens is 663 g/mol. The summed E-state index contributed by atoms with van der Waals surface area (Å²) in [5, 5.41) is 2.07. The quantitative estimate of drug-likeness (QED) is 0.219. The summed E-state index contributed by atoms with van der Waals surface area (Å²) in [4.78, 5) is 41.3. The van der Waals surface area contributed by atoms with Crippen molar-refractivity contribution >= 4 is 35.4 Å². The van der Waals surface area contributed by atoms with Crippen LogP contribution >= 0.6 is 23.4 Å². The van der Waals surface area contributed by atoms with E-state index >= 15 is 0 Å². The lowest BCUT2D eigenvalue weighted by atomic mass is 9.94. The van der Waals surface area contributed by atoms with Crippen LogP contribution in [-0.2, 0) is 20.0 Å². The van der Waals surface area contributed by atoms with Crippen molar-refractivity contribution in [1.29, 1.82) is 0 Å². The Morgan fingerprint density at radius 1 is 1.04 bits per heavy atom. The van der Waals surface area contributed by atoms with E-state index in [1.807, 2.05) is 30.3 Å². The van der Waals surface area contributed by atoms with E-state index in [2.05, 4.69) is 0 Å². The molecule has 1 aromatic heterocycles. The number of hydrogen-bond donors (Lipinski definition) is 0. The van der Waals surface area contributed by atoms with E-state index in [0.717, 1.165) is 34.6 Å². The number of amides is 1. The van der Waals surface area contributed by atoms with Crippen molar-refractivity contribution in [2.24, 2.45) is 0 Å². The van der Waals surface area contributed by atoms with Gasteiger partial charge < -0.3 is 23.8 Å². The zero-order chi connectivity index (χ0) is 33.5. The van der Waals surface area contributed by atoms with Crippen LogP contribution in [0.2, 0.25) is 5.02 Å². The third kappa shape index (κ3) is 6.63. The highest BCUT2D eigenvalue weighted by Crippen LogP contribution is 2.45. The molecule has 1 saturated heterocycles. The number of thioether (sulfide) groups is 1. The normalized spacial score (nSPS) is 19.5. The first kappa shape index (κ1) is 33.0. The summed E-state index contributed by atoms with van der Waals surface area (Å²) in [6.45, 7) is 2.54. The highest BCUT2D eigenvalue weighted by Gasteiger charge is 2.48. The van der Waals surface area contributed by atoms with Gasteiger partial charge in [0, 0.05) is 47.7 Å². The number of halogens is 4. The van der Waals surface area contributed by atoms with E-state index < -0.39 is 66.3 Å². The standard InChI is InChI=1S/C32H31ClF3N3O7S/c1-18(32(34,35)36)37-17-39(27-21-7-5-8-24(33)23(21)16-47-26-9-4-3-6-22(26)27)38-13-10-25(40)29(28(38)30(37)41)44-19(2)45-31(42)46-20-11-14-43-15-12-20/h3-10,13,18-20,27H,11-12,14-17H2,1-2H3/t18-,19?,27+/m1/s1. The van der Waals surface area contributed by atoms with Crippen molar-refractivity contribution in [2.45, 2.75) is 68.0 Å². The minimum absolute atomic E-state index is 0.420. The van der Waals surface area contributed by atoms with E-state index in [4.69, 9.17) is 30.5 Å². The number of aromatic nitrogens is 1. The molecule has 3 atom stereocenters. The van der Waals surface area contributed by atoms with Gasteiger partial charge in [0.25, 0.3) is 5.91 Å². The van der Waals surface area contributed by atoms with Crippen molar-refractivity contribution in [1.82, 2.24) is 9.58 Å². The van der Waals surface area contributed by atoms with E-state index in [1.165, 1.54) is 29.6 Å². The molecule has 15 heteroatoms. The number of alkyl halides is 3. The number of carbonyl (C=O) groups is 2. The van der Waals surface area contributed by atoms with Crippen LogP contribution < -0.4 is 15.2 Å². The lowest BCUT2D eigenvalue weighted by Gasteiger charge is -2.46. The Morgan fingerprint density at radius 3 is 2.51 bits per heavy atom. The molecule has 6 rings (SSSR count). The second-order valence-electron chi connectivity index (χ2n) is 11.3. The Morgan fingerprint density at radius 2 is 1.77 bits per heavy atom. The zero-order valence-corrected chi connectivity index (χ0v) is 26.9. The second-order valence-corrected chi connectivity index (χ2v) is 12.7. The number of fused-ring (bicyclic) bond motifs is 3. The summed E-state index contributed by atoms with van der Waals surface area (Å²) >= 11 is 8.20. The fourth-order valence-corrected chi connectivity index (χ4v) is 7.35. The van der Waals surface area contributed by atoms with Crippen LogP contribution in [0.4, 0.5) is 18.0 Å². The SMILES string of the molecule is CC(OC(=O)OC1CCOCC1)Oc1c2n(ccc1=O)N([C@@H]1c3ccccc3SCc3c(Cl)cccc31)CN([C@H](C)C(F)(F)F)C2=O. The van der Waals surface area contributed by atoms with Gasteiger partial charge in [-0.25, -0.2) is 4.79 Å². The summed E-state index contributed by atoms with van der Waals surface area (Å²) < 4.78 is 65.7. The van der Waals surface area contributed by atoms with Crippen molar-refractivity contribution < 1.29 is 41.7 Å². The van der Waals surface area contributed by atoms with E-state index in [-0.39, 0.29) is 0 Å². The highest BCUT2D eigenvalue weighted by molar-refractivity contribution is 7.98. The third-order valence-corrected chi connectivity index (χ3v) is 9.79. The summed E-state index contributed by atoms with van der Waals surface area (Å²) in [6, 6.07) is 11.0. The number of benzene rings is 2. The molecule has 250 valence electrons. The number of ether oxygens (including phenoxy) is 4. The average molecular weight is 694 g/mol. The molecule has 3 aromatic rings. The number of nitrogens with zero attached hydrogens (tertiary/aromatic N) is 3. The van der Waals surface area contributed by atoms with Gasteiger partial charge in [-0.2, -0.15) is 13.2 Å². The Bertz CT molecular complexity index is 1730. The first-order valence-corrected chi connectivity index (χ1v) is 16.3. The number of hydrogen-bond acceptors (Lipinski definition) is 9. The van der Waals surface area contributed by atoms with Crippen molar-refractivity contribution in [3.63, 3.8) is 0 Å². The molecule has 4 heterocycles. The van der Waals surface area contributed by atoms with Gasteiger partial charge in [-0.1, -0.05) is 41.9 Å². The molecule has 0 aliphatic carbocycles. The number of pyridine rings is 1. The van der Waals surface area contributed by atoms with Crippen LogP contribution in [0.3, 0.4) is 0 Å². The summed E-state index contributed by atoms with van der Waals surface area (Å²) in [5.41, 5.74) is 1.04. The van der Waals surface area contributed by atoms with E-state index in [9.17, 15) is 27.6 Å². The minimum atomic E-state index is -4.79. The van der Waals surface area contributed by atoms with Gasteiger partial charge in [0.05, 0.1) is 19.3 Å². The molecule has 0 N–H and O–H groups in total. The van der Waals surface area contributed by atoms with Crippen LogP contribution in [-0.4, -0.2) is 66.1 Å². The van der Waals surface area contributed by atoms with Crippen molar-refractivity contribution in [3.05, 3.63) is 92.4 Å². The highest BCUT2D eigenvalue weighted by atomic mass is 35.5. The lowest BCUT2D eigenvalue weighted by molar-refractivity contribution is -0.173. The lowest BCUT2D eigenvalue weighted by Crippen LogP contribution is -2.60. The van der Waals surface area contributed by atoms with E-state index in [1.54, 1.807) is 17.1 Å². The first-order valence-electron chi connectivity index (χ1n) is 14.9. The Labute approximate surface area is 277 Å². The second kappa shape index (κ2) is 13.3. The van der Waals surface area contributed by atoms with Gasteiger partial charge >= 0.3 is 12.3 Å². The summed E-state index contributed by atoms with van der Waals surface area (Å²) in [6.07, 6.45) is -5.43. The van der Waals surface area contributed by atoms with E-state index in [0.29, 0.717) is 41.7 Å². The van der Waals surface area contributed by atoms with Gasteiger partial charge in [-0.3, -0.25) is 19.3 Å². The summed E-state index contributed by atoms with van der Waals surface area (Å²) in [7, 11) is 0. The molecular formula is C32H31ClF3N3O7S. The summed E-state index contributed by atoms with van der Waals surface area (Å²) in [5.74, 6) is -1.16. The Kier molecular flexibility index (Phi) is 9.36. The molecule has 1 fully saturated rings. The van der Waals surface area contributed by atoms with Crippen LogP contribution in [0.1, 0.15) is 59.9 Å². The molecule has 0 bridgehead atoms. The minimum Gasteiger partial charge on any atom is -0.448 e. The van der Waals surface area contributed by atoms with Crippen LogP contribution in [0.15, 0.2) is 64.4 Å². The van der Waals surface area contributed by atoms with Crippen molar-refractivity contribution in [2.75, 3.05) is 24.9 Å². The largest absolute Gasteiger partial charge is 0.511 e. The topological polar surface area (TPSA) is 99.5 Å². The maximum atomic E-state index is 14.3. The smallest absolute Gasteiger partial charge is 0.448 e. The van der Waals surface area contributed by atoms with Crippen LogP contribution in [0.25, 0.3) is 0 Å². The monoisotopic (exact) mass is 693 g/mol. The van der Waals surface area contributed by atoms with Gasteiger partial charge in [0.2, 0.25) is 17.5 Å². The molecule has 0 spiro atoms. The molecule has 47 heavy (non-hydrogen) atoms. The predicted molar refractivity (Wildman–Crippen MR) is 166 cm³/mol. The number of rotatable bonds is 6. The first-order chi connectivity index (χ1) is 22.4. The van der Waals surface area contributed by atoms with Crippen LogP contribution in [0.5, 0.6) is 5.75 Å². The molecule has 1 amide bonds. The molecule has 3 aliphatic heterocycles. The molecule has 0 saturated carbocycles. The maximum Gasteiger partial charge on any atom is 0.511 e. The predicted octanol–water partition coefficient (Wildman–Crippen LogP) is 6.26. The van der Waals surface area contributed by atoms with Crippen LogP contribution in [0, 0.1) is 0 Å². The fourth-order valence-electron chi connectivity index (χ4n) is 5.88. The number of carbonyl (C=O) groups excluding carboxylic acids is 2. The molecule has 1 unspecified atom stereocenters. The zero-order valence-electron chi connectivity index (χ0n) is 25.4.